The number of hydrogen-bond donors (Lipinski definition) is 1. The lowest BCUT2D eigenvalue weighted by molar-refractivity contribution is 0.583. The van der Waals surface area contributed by atoms with Crippen LogP contribution in [0.2, 0.25) is 0 Å². The van der Waals surface area contributed by atoms with E-state index in [9.17, 15) is 0 Å². The van der Waals surface area contributed by atoms with Crippen LogP contribution in [0.15, 0.2) is 29.5 Å². The fourth-order valence-electron chi connectivity index (χ4n) is 0.949. The summed E-state index contributed by atoms with van der Waals surface area (Å²) in [5, 5.41) is 0. The van der Waals surface area contributed by atoms with Gasteiger partial charge < -0.3 is 5.73 Å². The van der Waals surface area contributed by atoms with Gasteiger partial charge in [0.05, 0.1) is 5.54 Å². The summed E-state index contributed by atoms with van der Waals surface area (Å²) in [7, 11) is 0. The Morgan fingerprint density at radius 2 is 1.85 bits per heavy atom. The molecule has 13 heavy (non-hydrogen) atoms. The van der Waals surface area contributed by atoms with Crippen LogP contribution in [-0.4, -0.2) is 16.4 Å². The van der Waals surface area contributed by atoms with Crippen molar-refractivity contribution in [3.05, 3.63) is 30.1 Å². The van der Waals surface area contributed by atoms with E-state index in [1.54, 1.807) is 12.4 Å². The second-order valence-corrected chi connectivity index (χ2v) is 3.90. The Balaban J connectivity index is 2.92. The van der Waals surface area contributed by atoms with E-state index in [0.717, 1.165) is 5.56 Å². The molecule has 3 nitrogen and oxygen atoms in total. The SMILES string of the molecule is CC(C)(C)N=C(N)c1ccncc1. The summed E-state index contributed by atoms with van der Waals surface area (Å²) >= 11 is 0. The Morgan fingerprint density at radius 3 is 2.31 bits per heavy atom. The van der Waals surface area contributed by atoms with Gasteiger partial charge in [0.25, 0.3) is 0 Å². The van der Waals surface area contributed by atoms with Gasteiger partial charge in [0.15, 0.2) is 0 Å². The molecule has 3 heteroatoms. The van der Waals surface area contributed by atoms with Crippen LogP contribution in [0.25, 0.3) is 0 Å². The summed E-state index contributed by atoms with van der Waals surface area (Å²) in [6.07, 6.45) is 3.42. The normalized spacial score (nSPS) is 13.0. The van der Waals surface area contributed by atoms with Gasteiger partial charge in [-0.3, -0.25) is 9.98 Å². The minimum absolute atomic E-state index is 0.132. The Hall–Kier alpha value is -1.38. The highest BCUT2D eigenvalue weighted by Crippen LogP contribution is 2.08. The molecule has 0 fully saturated rings. The lowest BCUT2D eigenvalue weighted by atomic mass is 10.1. The number of hydrogen-bond acceptors (Lipinski definition) is 2. The molecule has 0 aliphatic carbocycles. The highest BCUT2D eigenvalue weighted by atomic mass is 14.9. The molecule has 1 aromatic rings. The first kappa shape index (κ1) is 9.71. The molecule has 0 spiro atoms. The maximum atomic E-state index is 5.80. The van der Waals surface area contributed by atoms with Crippen LogP contribution in [0.1, 0.15) is 26.3 Å². The Morgan fingerprint density at radius 1 is 1.31 bits per heavy atom. The van der Waals surface area contributed by atoms with Crippen LogP contribution in [0.3, 0.4) is 0 Å². The lowest BCUT2D eigenvalue weighted by Crippen LogP contribution is -2.21. The van der Waals surface area contributed by atoms with Gasteiger partial charge >= 0.3 is 0 Å². The predicted octanol–water partition coefficient (Wildman–Crippen LogP) is 1.59. The van der Waals surface area contributed by atoms with E-state index in [0.29, 0.717) is 5.84 Å². The number of rotatable bonds is 1. The number of aromatic nitrogens is 1. The third-order valence-corrected chi connectivity index (χ3v) is 1.43. The van der Waals surface area contributed by atoms with E-state index in [4.69, 9.17) is 5.73 Å². The van der Waals surface area contributed by atoms with Gasteiger partial charge in [0, 0.05) is 18.0 Å². The van der Waals surface area contributed by atoms with Crippen molar-refractivity contribution in [2.24, 2.45) is 10.7 Å². The summed E-state index contributed by atoms with van der Waals surface area (Å²) < 4.78 is 0. The molecule has 0 unspecified atom stereocenters. The molecule has 0 atom stereocenters. The molecule has 0 amide bonds. The summed E-state index contributed by atoms with van der Waals surface area (Å²) in [5.41, 5.74) is 6.59. The predicted molar refractivity (Wildman–Crippen MR) is 54.7 cm³/mol. The molecular formula is C10H15N3. The van der Waals surface area contributed by atoms with E-state index in [1.165, 1.54) is 0 Å². The van der Waals surface area contributed by atoms with Crippen molar-refractivity contribution in [1.29, 1.82) is 0 Å². The topological polar surface area (TPSA) is 51.3 Å². The smallest absolute Gasteiger partial charge is 0.126 e. The van der Waals surface area contributed by atoms with Crippen LogP contribution in [-0.2, 0) is 0 Å². The monoisotopic (exact) mass is 177 g/mol. The zero-order valence-corrected chi connectivity index (χ0v) is 8.28. The second-order valence-electron chi connectivity index (χ2n) is 3.90. The maximum absolute atomic E-state index is 5.80. The number of amidine groups is 1. The standard InChI is InChI=1S/C10H15N3/c1-10(2,3)13-9(11)8-4-6-12-7-5-8/h4-7H,1-3H3,(H2,11,13). The molecule has 0 radical (unpaired) electrons. The molecule has 1 heterocycles. The van der Waals surface area contributed by atoms with Crippen LogP contribution in [0, 0.1) is 0 Å². The third-order valence-electron chi connectivity index (χ3n) is 1.43. The van der Waals surface area contributed by atoms with Gasteiger partial charge in [0.1, 0.15) is 5.84 Å². The fourth-order valence-corrected chi connectivity index (χ4v) is 0.949. The van der Waals surface area contributed by atoms with Gasteiger partial charge in [0.2, 0.25) is 0 Å². The Labute approximate surface area is 78.7 Å². The van der Waals surface area contributed by atoms with Crippen molar-refractivity contribution in [1.82, 2.24) is 4.98 Å². The zero-order chi connectivity index (χ0) is 9.90. The van der Waals surface area contributed by atoms with Crippen LogP contribution in [0.4, 0.5) is 0 Å². The molecule has 0 bridgehead atoms. The van der Waals surface area contributed by atoms with Crippen molar-refractivity contribution in [3.63, 3.8) is 0 Å². The molecule has 0 saturated carbocycles. The zero-order valence-electron chi connectivity index (χ0n) is 8.28. The van der Waals surface area contributed by atoms with Gasteiger partial charge in [-0.25, -0.2) is 0 Å². The van der Waals surface area contributed by atoms with Crippen molar-refractivity contribution in [2.75, 3.05) is 0 Å². The van der Waals surface area contributed by atoms with Crippen LogP contribution in [0.5, 0.6) is 0 Å². The quantitative estimate of drug-likeness (QED) is 0.523. The van der Waals surface area contributed by atoms with E-state index in [2.05, 4.69) is 9.98 Å². The highest BCUT2D eigenvalue weighted by molar-refractivity contribution is 5.97. The van der Waals surface area contributed by atoms with E-state index < -0.39 is 0 Å². The molecule has 1 rings (SSSR count). The minimum Gasteiger partial charge on any atom is -0.383 e. The number of pyridine rings is 1. The number of nitrogens with zero attached hydrogens (tertiary/aromatic N) is 2. The summed E-state index contributed by atoms with van der Waals surface area (Å²) in [6.45, 7) is 6.04. The Bertz CT molecular complexity index is 296. The number of aliphatic imine (C=N–C) groups is 1. The van der Waals surface area contributed by atoms with E-state index in [1.807, 2.05) is 32.9 Å². The van der Waals surface area contributed by atoms with E-state index in [-0.39, 0.29) is 5.54 Å². The van der Waals surface area contributed by atoms with E-state index >= 15 is 0 Å². The minimum atomic E-state index is -0.132. The van der Waals surface area contributed by atoms with Crippen LogP contribution >= 0.6 is 0 Å². The molecule has 0 saturated heterocycles. The first-order valence-electron chi connectivity index (χ1n) is 4.25. The average Bonchev–Trinajstić information content (AvgIpc) is 2.03. The molecule has 0 aromatic carbocycles. The van der Waals surface area contributed by atoms with Gasteiger partial charge in [-0.2, -0.15) is 0 Å². The molecule has 70 valence electrons. The third kappa shape index (κ3) is 3.23. The number of nitrogens with two attached hydrogens (primary N) is 1. The Kier molecular flexibility index (Phi) is 2.66. The van der Waals surface area contributed by atoms with Crippen molar-refractivity contribution in [3.8, 4) is 0 Å². The first-order chi connectivity index (χ1) is 5.99. The maximum Gasteiger partial charge on any atom is 0.126 e. The molecule has 2 N–H and O–H groups in total. The lowest BCUT2D eigenvalue weighted by Gasteiger charge is -2.13. The van der Waals surface area contributed by atoms with Crippen molar-refractivity contribution >= 4 is 5.84 Å². The fraction of sp³-hybridized carbons (Fsp3) is 0.400. The summed E-state index contributed by atoms with van der Waals surface area (Å²) in [5.74, 6) is 0.565. The molecule has 0 aliphatic rings. The van der Waals surface area contributed by atoms with Gasteiger partial charge in [-0.05, 0) is 32.9 Å². The highest BCUT2D eigenvalue weighted by Gasteiger charge is 2.08. The average molecular weight is 177 g/mol. The van der Waals surface area contributed by atoms with Gasteiger partial charge in [-0.15, -0.1) is 0 Å². The second kappa shape index (κ2) is 3.56. The summed E-state index contributed by atoms with van der Waals surface area (Å²) in [4.78, 5) is 8.26. The molecular weight excluding hydrogens is 162 g/mol. The van der Waals surface area contributed by atoms with Gasteiger partial charge in [-0.1, -0.05) is 0 Å². The first-order valence-corrected chi connectivity index (χ1v) is 4.25. The summed E-state index contributed by atoms with van der Waals surface area (Å²) in [6, 6.07) is 3.70. The molecule has 1 aromatic heterocycles. The van der Waals surface area contributed by atoms with Crippen LogP contribution < -0.4 is 5.73 Å². The van der Waals surface area contributed by atoms with Crippen molar-refractivity contribution < 1.29 is 0 Å². The molecule has 0 aliphatic heterocycles. The largest absolute Gasteiger partial charge is 0.383 e. The van der Waals surface area contributed by atoms with Crippen molar-refractivity contribution in [2.45, 2.75) is 26.3 Å².